The van der Waals surface area contributed by atoms with Crippen molar-refractivity contribution in [2.45, 2.75) is 11.8 Å². The minimum atomic E-state index is -3.43. The van der Waals surface area contributed by atoms with E-state index in [4.69, 9.17) is 4.74 Å². The number of benzene rings is 3. The third-order valence-electron chi connectivity index (χ3n) is 4.40. The van der Waals surface area contributed by atoms with Gasteiger partial charge in [-0.25, -0.2) is 8.42 Å². The first-order valence-corrected chi connectivity index (χ1v) is 11.3. The molecular weight excluding hydrogens is 416 g/mol. The van der Waals surface area contributed by atoms with Crippen LogP contribution >= 0.6 is 0 Å². The molecule has 8 heteroatoms. The number of carbonyl (C=O) groups excluding carboxylic acids is 2. The Morgan fingerprint density at radius 1 is 0.871 bits per heavy atom. The van der Waals surface area contributed by atoms with E-state index >= 15 is 0 Å². The van der Waals surface area contributed by atoms with Crippen LogP contribution in [-0.2, 0) is 14.6 Å². The van der Waals surface area contributed by atoms with Crippen LogP contribution in [0.3, 0.4) is 0 Å². The maximum absolute atomic E-state index is 12.7. The zero-order valence-electron chi connectivity index (χ0n) is 17.1. The predicted molar refractivity (Wildman–Crippen MR) is 119 cm³/mol. The molecule has 0 saturated heterocycles. The van der Waals surface area contributed by atoms with E-state index < -0.39 is 15.7 Å². The van der Waals surface area contributed by atoms with Gasteiger partial charge in [-0.15, -0.1) is 0 Å². The van der Waals surface area contributed by atoms with Gasteiger partial charge < -0.3 is 15.4 Å². The number of hydrogen-bond donors (Lipinski definition) is 2. The molecule has 0 aliphatic carbocycles. The summed E-state index contributed by atoms with van der Waals surface area (Å²) in [5.74, 6) is -0.349. The Kier molecular flexibility index (Phi) is 6.71. The molecule has 3 aromatic carbocycles. The van der Waals surface area contributed by atoms with Gasteiger partial charge in [-0.1, -0.05) is 30.3 Å². The number of carbonyl (C=O) groups is 2. The van der Waals surface area contributed by atoms with Crippen molar-refractivity contribution < 1.29 is 22.7 Å². The van der Waals surface area contributed by atoms with E-state index in [9.17, 15) is 18.0 Å². The molecular formula is C23H22N2O5S. The summed E-state index contributed by atoms with van der Waals surface area (Å²) in [4.78, 5) is 24.8. The first-order valence-electron chi connectivity index (χ1n) is 9.42. The number of aryl methyl sites for hydroxylation is 1. The Hall–Kier alpha value is -3.65. The molecule has 0 aliphatic rings. The molecule has 0 atom stereocenters. The number of para-hydroxylation sites is 1. The van der Waals surface area contributed by atoms with Gasteiger partial charge in [0.25, 0.3) is 11.8 Å². The van der Waals surface area contributed by atoms with Gasteiger partial charge in [-0.05, 0) is 48.9 Å². The summed E-state index contributed by atoms with van der Waals surface area (Å²) in [5.41, 5.74) is 2.03. The lowest BCUT2D eigenvalue weighted by molar-refractivity contribution is -0.118. The lowest BCUT2D eigenvalue weighted by Crippen LogP contribution is -2.20. The van der Waals surface area contributed by atoms with E-state index in [1.54, 1.807) is 49.4 Å². The molecule has 3 aromatic rings. The fraction of sp³-hybridized carbons (Fsp3) is 0.130. The molecule has 160 valence electrons. The van der Waals surface area contributed by atoms with E-state index in [-0.39, 0.29) is 23.0 Å². The highest BCUT2D eigenvalue weighted by molar-refractivity contribution is 7.90. The van der Waals surface area contributed by atoms with Gasteiger partial charge in [0, 0.05) is 29.3 Å². The molecule has 0 heterocycles. The number of rotatable bonds is 7. The highest BCUT2D eigenvalue weighted by Gasteiger charge is 2.15. The topological polar surface area (TPSA) is 102 Å². The fourth-order valence-electron chi connectivity index (χ4n) is 2.81. The van der Waals surface area contributed by atoms with Crippen LogP contribution in [0, 0.1) is 6.92 Å². The third kappa shape index (κ3) is 6.16. The fourth-order valence-corrected chi connectivity index (χ4v) is 3.45. The Balaban J connectivity index is 1.65. The van der Waals surface area contributed by atoms with Crippen molar-refractivity contribution in [3.8, 4) is 5.75 Å². The minimum absolute atomic E-state index is 0.0739. The zero-order chi connectivity index (χ0) is 22.4. The number of amides is 2. The van der Waals surface area contributed by atoms with Gasteiger partial charge in [0.15, 0.2) is 16.4 Å². The average Bonchev–Trinajstić information content (AvgIpc) is 2.73. The molecule has 0 unspecified atom stereocenters. The number of hydrogen-bond acceptors (Lipinski definition) is 5. The van der Waals surface area contributed by atoms with Gasteiger partial charge in [-0.2, -0.15) is 0 Å². The number of ether oxygens (including phenoxy) is 1. The Morgan fingerprint density at radius 3 is 2.29 bits per heavy atom. The first-order chi connectivity index (χ1) is 14.7. The van der Waals surface area contributed by atoms with Gasteiger partial charge in [0.2, 0.25) is 0 Å². The third-order valence-corrected chi connectivity index (χ3v) is 5.51. The molecule has 0 saturated carbocycles. The van der Waals surface area contributed by atoms with Crippen LogP contribution in [0.4, 0.5) is 11.4 Å². The summed E-state index contributed by atoms with van der Waals surface area (Å²) < 4.78 is 29.1. The lowest BCUT2D eigenvalue weighted by atomic mass is 10.1. The average molecular weight is 439 g/mol. The molecule has 0 aromatic heterocycles. The Labute approximate surface area is 181 Å². The highest BCUT2D eigenvalue weighted by atomic mass is 32.2. The quantitative estimate of drug-likeness (QED) is 0.586. The zero-order valence-corrected chi connectivity index (χ0v) is 17.9. The predicted octanol–water partition coefficient (Wildman–Crippen LogP) is 3.67. The van der Waals surface area contributed by atoms with Gasteiger partial charge >= 0.3 is 0 Å². The van der Waals surface area contributed by atoms with E-state index in [1.165, 1.54) is 12.1 Å². The summed E-state index contributed by atoms with van der Waals surface area (Å²) in [6.07, 6.45) is 1.09. The molecule has 0 spiro atoms. The van der Waals surface area contributed by atoms with Crippen LogP contribution < -0.4 is 15.4 Å². The monoisotopic (exact) mass is 438 g/mol. The van der Waals surface area contributed by atoms with Gasteiger partial charge in [0.1, 0.15) is 5.75 Å². The summed E-state index contributed by atoms with van der Waals surface area (Å²) >= 11 is 0. The molecule has 7 nitrogen and oxygen atoms in total. The summed E-state index contributed by atoms with van der Waals surface area (Å²) in [6.45, 7) is 1.54. The van der Waals surface area contributed by atoms with Crippen LogP contribution in [0.25, 0.3) is 0 Å². The van der Waals surface area contributed by atoms with Crippen molar-refractivity contribution in [1.29, 1.82) is 0 Å². The molecule has 0 bridgehead atoms. The van der Waals surface area contributed by atoms with Crippen molar-refractivity contribution in [3.05, 3.63) is 83.9 Å². The normalized spacial score (nSPS) is 10.9. The maximum atomic E-state index is 12.7. The van der Waals surface area contributed by atoms with Gasteiger partial charge in [0.05, 0.1) is 4.90 Å². The maximum Gasteiger partial charge on any atom is 0.262 e. The minimum Gasteiger partial charge on any atom is -0.484 e. The second kappa shape index (κ2) is 9.44. The van der Waals surface area contributed by atoms with Crippen molar-refractivity contribution in [3.63, 3.8) is 0 Å². The first kappa shape index (κ1) is 22.0. The SMILES string of the molecule is Cc1ccc(S(C)(=O)=O)cc1C(=O)Nc1cccc(OCC(=O)Nc2ccccc2)c1. The highest BCUT2D eigenvalue weighted by Crippen LogP contribution is 2.21. The molecule has 31 heavy (non-hydrogen) atoms. The Bertz CT molecular complexity index is 1210. The standard InChI is InChI=1S/C23H22N2O5S/c1-16-11-12-20(31(2,28)29)14-21(16)23(27)25-18-9-6-10-19(13-18)30-15-22(26)24-17-7-4-3-5-8-17/h3-14H,15H2,1-2H3,(H,24,26)(H,25,27). The number of nitrogens with one attached hydrogen (secondary N) is 2. The smallest absolute Gasteiger partial charge is 0.262 e. The largest absolute Gasteiger partial charge is 0.484 e. The van der Waals surface area contributed by atoms with Crippen LogP contribution in [0.5, 0.6) is 5.75 Å². The van der Waals surface area contributed by atoms with E-state index in [0.717, 1.165) is 6.26 Å². The summed E-state index contributed by atoms with van der Waals surface area (Å²) in [5, 5.41) is 5.45. The van der Waals surface area contributed by atoms with Crippen LogP contribution in [0.15, 0.2) is 77.7 Å². The summed E-state index contributed by atoms with van der Waals surface area (Å²) in [7, 11) is -3.43. The van der Waals surface area contributed by atoms with Crippen molar-refractivity contribution >= 4 is 33.0 Å². The lowest BCUT2D eigenvalue weighted by Gasteiger charge is -2.11. The summed E-state index contributed by atoms with van der Waals surface area (Å²) in [6, 6.07) is 20.1. The molecule has 0 fully saturated rings. The van der Waals surface area contributed by atoms with Gasteiger partial charge in [-0.3, -0.25) is 9.59 Å². The second-order valence-corrected chi connectivity index (χ2v) is 8.95. The van der Waals surface area contributed by atoms with Crippen LogP contribution in [-0.4, -0.2) is 33.1 Å². The molecule has 0 aliphatic heterocycles. The van der Waals surface area contributed by atoms with E-state index in [2.05, 4.69) is 10.6 Å². The number of sulfone groups is 1. The van der Waals surface area contributed by atoms with Crippen LogP contribution in [0.2, 0.25) is 0 Å². The molecule has 3 rings (SSSR count). The van der Waals surface area contributed by atoms with E-state index in [1.807, 2.05) is 18.2 Å². The van der Waals surface area contributed by atoms with Crippen molar-refractivity contribution in [2.24, 2.45) is 0 Å². The molecule has 2 N–H and O–H groups in total. The molecule has 0 radical (unpaired) electrons. The Morgan fingerprint density at radius 2 is 1.58 bits per heavy atom. The van der Waals surface area contributed by atoms with Crippen molar-refractivity contribution in [1.82, 2.24) is 0 Å². The second-order valence-electron chi connectivity index (χ2n) is 6.93. The molecule has 2 amide bonds. The van der Waals surface area contributed by atoms with E-state index in [0.29, 0.717) is 22.7 Å². The van der Waals surface area contributed by atoms with Crippen LogP contribution in [0.1, 0.15) is 15.9 Å². The number of anilines is 2. The van der Waals surface area contributed by atoms with Crippen molar-refractivity contribution in [2.75, 3.05) is 23.5 Å².